The number of ether oxygens (including phenoxy) is 1. The molecular formula is C15H18N8O. The molecule has 3 aromatic rings. The quantitative estimate of drug-likeness (QED) is 0.711. The van der Waals surface area contributed by atoms with Crippen LogP contribution in [0.5, 0.6) is 0 Å². The summed E-state index contributed by atoms with van der Waals surface area (Å²) >= 11 is 0. The Hall–Kier alpha value is -2.81. The molecule has 4 rings (SSSR count). The Bertz CT molecular complexity index is 880. The van der Waals surface area contributed by atoms with Gasteiger partial charge in [0.05, 0.1) is 30.8 Å². The Kier molecular flexibility index (Phi) is 3.49. The van der Waals surface area contributed by atoms with Crippen molar-refractivity contribution in [3.05, 3.63) is 17.6 Å². The first kappa shape index (κ1) is 14.8. The van der Waals surface area contributed by atoms with Gasteiger partial charge in [0.15, 0.2) is 17.0 Å². The van der Waals surface area contributed by atoms with Crippen LogP contribution in [0.15, 0.2) is 6.20 Å². The van der Waals surface area contributed by atoms with E-state index in [9.17, 15) is 0 Å². The van der Waals surface area contributed by atoms with Gasteiger partial charge >= 0.3 is 0 Å². The minimum atomic E-state index is 0.196. The Labute approximate surface area is 138 Å². The maximum atomic E-state index is 5.85. The average molecular weight is 326 g/mol. The second-order valence-corrected chi connectivity index (χ2v) is 5.74. The zero-order valence-electron chi connectivity index (χ0n) is 13.6. The fourth-order valence-corrected chi connectivity index (χ4v) is 2.95. The first-order chi connectivity index (χ1) is 11.6. The molecule has 3 aromatic heterocycles. The lowest BCUT2D eigenvalue weighted by Gasteiger charge is -2.28. The van der Waals surface area contributed by atoms with Crippen LogP contribution in [-0.4, -0.2) is 56.4 Å². The van der Waals surface area contributed by atoms with E-state index in [1.807, 2.05) is 13.8 Å². The van der Waals surface area contributed by atoms with Gasteiger partial charge in [-0.25, -0.2) is 9.97 Å². The molecule has 0 bridgehead atoms. The van der Waals surface area contributed by atoms with Crippen LogP contribution in [0.2, 0.25) is 0 Å². The fraction of sp³-hybridized carbons (Fsp3) is 0.400. The topological polar surface area (TPSA) is 119 Å². The molecule has 0 saturated carbocycles. The number of H-pyrrole nitrogens is 1. The van der Waals surface area contributed by atoms with Gasteiger partial charge in [-0.2, -0.15) is 15.1 Å². The molecule has 1 aliphatic heterocycles. The molecule has 0 aromatic carbocycles. The smallest absolute Gasteiger partial charge is 0.224 e. The molecule has 9 heteroatoms. The summed E-state index contributed by atoms with van der Waals surface area (Å²) < 4.78 is 5.41. The number of hydrogen-bond acceptors (Lipinski definition) is 8. The molecule has 1 saturated heterocycles. The summed E-state index contributed by atoms with van der Waals surface area (Å²) in [5.74, 6) is 0.899. The maximum absolute atomic E-state index is 5.85. The van der Waals surface area contributed by atoms with Gasteiger partial charge in [-0.15, -0.1) is 0 Å². The second kappa shape index (κ2) is 5.68. The lowest BCUT2D eigenvalue weighted by Crippen LogP contribution is -2.37. The number of nitrogens with one attached hydrogen (secondary N) is 1. The van der Waals surface area contributed by atoms with Crippen molar-refractivity contribution in [2.45, 2.75) is 13.8 Å². The summed E-state index contributed by atoms with van der Waals surface area (Å²) in [6, 6.07) is 0. The van der Waals surface area contributed by atoms with Crippen molar-refractivity contribution in [3.63, 3.8) is 0 Å². The van der Waals surface area contributed by atoms with Crippen LogP contribution < -0.4 is 10.6 Å². The number of nitrogens with two attached hydrogens (primary N) is 1. The second-order valence-electron chi connectivity index (χ2n) is 5.74. The van der Waals surface area contributed by atoms with Crippen molar-refractivity contribution < 1.29 is 4.74 Å². The molecule has 3 N–H and O–H groups in total. The van der Waals surface area contributed by atoms with Gasteiger partial charge in [-0.1, -0.05) is 0 Å². The lowest BCUT2D eigenvalue weighted by molar-refractivity contribution is 0.122. The molecule has 24 heavy (non-hydrogen) atoms. The number of aromatic nitrogens is 6. The number of aryl methyl sites for hydroxylation is 2. The highest BCUT2D eigenvalue weighted by molar-refractivity contribution is 5.86. The van der Waals surface area contributed by atoms with Crippen molar-refractivity contribution >= 4 is 22.9 Å². The number of fused-ring (bicyclic) bond motifs is 1. The van der Waals surface area contributed by atoms with Crippen LogP contribution in [0.1, 0.15) is 11.4 Å². The average Bonchev–Trinajstić information content (AvgIpc) is 2.93. The molecule has 0 unspecified atom stereocenters. The Balaban J connectivity index is 1.90. The van der Waals surface area contributed by atoms with Gasteiger partial charge < -0.3 is 15.4 Å². The first-order valence-electron chi connectivity index (χ1n) is 7.78. The summed E-state index contributed by atoms with van der Waals surface area (Å²) in [6.07, 6.45) is 1.70. The van der Waals surface area contributed by atoms with E-state index in [-0.39, 0.29) is 5.95 Å². The number of nitrogen functional groups attached to an aromatic ring is 1. The van der Waals surface area contributed by atoms with E-state index in [4.69, 9.17) is 15.5 Å². The van der Waals surface area contributed by atoms with Crippen molar-refractivity contribution in [3.8, 4) is 11.3 Å². The van der Waals surface area contributed by atoms with Gasteiger partial charge in [0, 0.05) is 24.3 Å². The van der Waals surface area contributed by atoms with Gasteiger partial charge in [0.2, 0.25) is 5.95 Å². The minimum absolute atomic E-state index is 0.196. The Morgan fingerprint density at radius 2 is 1.96 bits per heavy atom. The third kappa shape index (κ3) is 2.42. The van der Waals surface area contributed by atoms with Crippen LogP contribution in [-0.2, 0) is 4.74 Å². The van der Waals surface area contributed by atoms with Gasteiger partial charge in [0.1, 0.15) is 0 Å². The van der Waals surface area contributed by atoms with E-state index < -0.39 is 0 Å². The monoisotopic (exact) mass is 326 g/mol. The van der Waals surface area contributed by atoms with Gasteiger partial charge in [-0.05, 0) is 13.8 Å². The number of rotatable bonds is 2. The molecule has 1 aliphatic rings. The Morgan fingerprint density at radius 1 is 1.17 bits per heavy atom. The molecule has 4 heterocycles. The van der Waals surface area contributed by atoms with Crippen molar-refractivity contribution in [2.24, 2.45) is 0 Å². The van der Waals surface area contributed by atoms with Crippen molar-refractivity contribution in [1.29, 1.82) is 0 Å². The van der Waals surface area contributed by atoms with Crippen molar-refractivity contribution in [1.82, 2.24) is 30.1 Å². The van der Waals surface area contributed by atoms with Crippen LogP contribution in [0.25, 0.3) is 22.4 Å². The molecule has 0 radical (unpaired) electrons. The summed E-state index contributed by atoms with van der Waals surface area (Å²) in [7, 11) is 0. The zero-order chi connectivity index (χ0) is 16.7. The van der Waals surface area contributed by atoms with E-state index in [0.29, 0.717) is 30.2 Å². The normalized spacial score (nSPS) is 15.2. The fourth-order valence-electron chi connectivity index (χ4n) is 2.95. The van der Waals surface area contributed by atoms with Crippen molar-refractivity contribution in [2.75, 3.05) is 36.9 Å². The van der Waals surface area contributed by atoms with Crippen LogP contribution in [0, 0.1) is 13.8 Å². The summed E-state index contributed by atoms with van der Waals surface area (Å²) in [4.78, 5) is 19.9. The number of aromatic amines is 1. The number of morpholine rings is 1. The highest BCUT2D eigenvalue weighted by atomic mass is 16.5. The Morgan fingerprint density at radius 3 is 2.67 bits per heavy atom. The SMILES string of the molecule is Cc1n[nH]c(C)c1-c1cnc2nc(N)nc(N3CCOCC3)c2n1. The van der Waals surface area contributed by atoms with E-state index >= 15 is 0 Å². The van der Waals surface area contributed by atoms with E-state index in [1.54, 1.807) is 6.20 Å². The first-order valence-corrected chi connectivity index (χ1v) is 7.78. The minimum Gasteiger partial charge on any atom is -0.378 e. The maximum Gasteiger partial charge on any atom is 0.224 e. The van der Waals surface area contributed by atoms with E-state index in [2.05, 4.69) is 30.0 Å². The molecular weight excluding hydrogens is 308 g/mol. The molecule has 124 valence electrons. The van der Waals surface area contributed by atoms with Crippen LogP contribution in [0.4, 0.5) is 11.8 Å². The zero-order valence-corrected chi connectivity index (χ0v) is 13.6. The van der Waals surface area contributed by atoms with E-state index in [0.717, 1.165) is 35.7 Å². The third-order valence-corrected chi connectivity index (χ3v) is 4.10. The van der Waals surface area contributed by atoms with Crippen LogP contribution >= 0.6 is 0 Å². The third-order valence-electron chi connectivity index (χ3n) is 4.10. The number of hydrogen-bond donors (Lipinski definition) is 2. The highest BCUT2D eigenvalue weighted by Crippen LogP contribution is 2.28. The molecule has 0 spiro atoms. The summed E-state index contributed by atoms with van der Waals surface area (Å²) in [5.41, 5.74) is 10.5. The molecule has 0 aliphatic carbocycles. The summed E-state index contributed by atoms with van der Waals surface area (Å²) in [5, 5.41) is 7.20. The van der Waals surface area contributed by atoms with Gasteiger partial charge in [0.25, 0.3) is 0 Å². The molecule has 0 atom stereocenters. The summed E-state index contributed by atoms with van der Waals surface area (Å²) in [6.45, 7) is 6.68. The van der Waals surface area contributed by atoms with Gasteiger partial charge in [-0.3, -0.25) is 5.10 Å². The molecule has 9 nitrogen and oxygen atoms in total. The predicted molar refractivity (Wildman–Crippen MR) is 89.6 cm³/mol. The largest absolute Gasteiger partial charge is 0.378 e. The number of anilines is 2. The predicted octanol–water partition coefficient (Wildman–Crippen LogP) is 0.846. The molecule has 1 fully saturated rings. The number of nitrogens with zero attached hydrogens (tertiary/aromatic N) is 6. The van der Waals surface area contributed by atoms with E-state index in [1.165, 1.54) is 0 Å². The standard InChI is InChI=1S/C15H18N8O/c1-8-11(9(2)22-21-8)10-7-17-13-12(18-10)14(20-15(16)19-13)23-3-5-24-6-4-23/h7H,3-6H2,1-2H3,(H,21,22)(H2,16,17,19,20). The lowest BCUT2D eigenvalue weighted by atomic mass is 10.1. The highest BCUT2D eigenvalue weighted by Gasteiger charge is 2.20. The molecule has 0 amide bonds. The van der Waals surface area contributed by atoms with Crippen LogP contribution in [0.3, 0.4) is 0 Å².